The number of furan rings is 1. The zero-order valence-electron chi connectivity index (χ0n) is 7.99. The molecule has 0 aliphatic heterocycles. The maximum atomic E-state index is 5.01. The van der Waals surface area contributed by atoms with Gasteiger partial charge in [0.25, 0.3) is 0 Å². The van der Waals surface area contributed by atoms with E-state index in [2.05, 4.69) is 22.6 Å². The molecule has 0 saturated carbocycles. The summed E-state index contributed by atoms with van der Waals surface area (Å²) < 4.78 is 5.01. The van der Waals surface area contributed by atoms with E-state index in [1.54, 1.807) is 23.9 Å². The van der Waals surface area contributed by atoms with E-state index in [4.69, 9.17) is 4.42 Å². The Bertz CT molecular complexity index is 380. The molecule has 0 amide bonds. The first-order valence-electron chi connectivity index (χ1n) is 4.58. The molecule has 4 heteroatoms. The third kappa shape index (κ3) is 2.02. The Balaban J connectivity index is 2.10. The number of nitrogens with zero attached hydrogens (tertiary/aromatic N) is 1. The van der Waals surface area contributed by atoms with Crippen LogP contribution in [0, 0.1) is 0 Å². The van der Waals surface area contributed by atoms with E-state index < -0.39 is 0 Å². The van der Waals surface area contributed by atoms with Crippen molar-refractivity contribution in [1.82, 2.24) is 10.3 Å². The van der Waals surface area contributed by atoms with Crippen molar-refractivity contribution in [2.45, 2.75) is 13.5 Å². The van der Waals surface area contributed by atoms with Crippen molar-refractivity contribution in [1.29, 1.82) is 0 Å². The van der Waals surface area contributed by atoms with Crippen LogP contribution in [0.15, 0.2) is 28.4 Å². The van der Waals surface area contributed by atoms with Crippen molar-refractivity contribution in [3.05, 3.63) is 29.7 Å². The van der Waals surface area contributed by atoms with Crippen LogP contribution in [0.25, 0.3) is 10.6 Å². The number of aromatic nitrogens is 1. The second-order valence-corrected chi connectivity index (χ2v) is 3.79. The highest BCUT2D eigenvalue weighted by Crippen LogP contribution is 2.23. The highest BCUT2D eigenvalue weighted by atomic mass is 32.1. The van der Waals surface area contributed by atoms with Gasteiger partial charge in [-0.25, -0.2) is 4.98 Å². The number of hydrogen-bond acceptors (Lipinski definition) is 4. The van der Waals surface area contributed by atoms with Crippen LogP contribution < -0.4 is 5.32 Å². The quantitative estimate of drug-likeness (QED) is 0.839. The molecule has 0 atom stereocenters. The third-order valence-corrected chi connectivity index (χ3v) is 2.82. The SMILES string of the molecule is CCNCc1csc(-c2ccoc2)n1. The van der Waals surface area contributed by atoms with Gasteiger partial charge in [0.15, 0.2) is 0 Å². The van der Waals surface area contributed by atoms with Gasteiger partial charge in [-0.15, -0.1) is 11.3 Å². The number of nitrogens with one attached hydrogen (secondary N) is 1. The van der Waals surface area contributed by atoms with Gasteiger partial charge < -0.3 is 9.73 Å². The van der Waals surface area contributed by atoms with E-state index >= 15 is 0 Å². The topological polar surface area (TPSA) is 38.1 Å². The molecular formula is C10H12N2OS. The fourth-order valence-electron chi connectivity index (χ4n) is 1.16. The van der Waals surface area contributed by atoms with Gasteiger partial charge in [0, 0.05) is 17.5 Å². The molecule has 14 heavy (non-hydrogen) atoms. The summed E-state index contributed by atoms with van der Waals surface area (Å²) in [7, 11) is 0. The Morgan fingerprint density at radius 3 is 3.21 bits per heavy atom. The van der Waals surface area contributed by atoms with E-state index in [1.807, 2.05) is 6.07 Å². The zero-order valence-corrected chi connectivity index (χ0v) is 8.80. The van der Waals surface area contributed by atoms with Crippen molar-refractivity contribution >= 4 is 11.3 Å². The average molecular weight is 208 g/mol. The van der Waals surface area contributed by atoms with Crippen LogP contribution in [0.2, 0.25) is 0 Å². The smallest absolute Gasteiger partial charge is 0.126 e. The summed E-state index contributed by atoms with van der Waals surface area (Å²) in [5.74, 6) is 0. The van der Waals surface area contributed by atoms with Crippen molar-refractivity contribution in [3.8, 4) is 10.6 Å². The molecule has 0 fully saturated rings. The minimum atomic E-state index is 0.838. The third-order valence-electron chi connectivity index (χ3n) is 1.88. The van der Waals surface area contributed by atoms with E-state index in [0.29, 0.717) is 0 Å². The molecule has 2 aromatic rings. The lowest BCUT2D eigenvalue weighted by Crippen LogP contribution is -2.11. The maximum absolute atomic E-state index is 5.01. The zero-order chi connectivity index (χ0) is 9.80. The Kier molecular flexibility index (Phi) is 2.96. The molecule has 2 rings (SSSR count). The van der Waals surface area contributed by atoms with Crippen molar-refractivity contribution in [3.63, 3.8) is 0 Å². The fourth-order valence-corrected chi connectivity index (χ4v) is 1.97. The van der Waals surface area contributed by atoms with Gasteiger partial charge in [-0.05, 0) is 12.6 Å². The van der Waals surface area contributed by atoms with E-state index in [9.17, 15) is 0 Å². The van der Waals surface area contributed by atoms with Crippen molar-refractivity contribution in [2.24, 2.45) is 0 Å². The van der Waals surface area contributed by atoms with Crippen LogP contribution >= 0.6 is 11.3 Å². The van der Waals surface area contributed by atoms with Crippen LogP contribution in [-0.2, 0) is 6.54 Å². The van der Waals surface area contributed by atoms with Crippen LogP contribution in [0.3, 0.4) is 0 Å². The minimum absolute atomic E-state index is 0.838. The molecule has 2 heterocycles. The van der Waals surface area contributed by atoms with Gasteiger partial charge in [-0.3, -0.25) is 0 Å². The van der Waals surface area contributed by atoms with Crippen LogP contribution in [0.5, 0.6) is 0 Å². The van der Waals surface area contributed by atoms with E-state index in [1.165, 1.54) is 0 Å². The average Bonchev–Trinajstić information content (AvgIpc) is 2.85. The standard InChI is InChI=1S/C10H12N2OS/c1-2-11-5-9-7-14-10(12-9)8-3-4-13-6-8/h3-4,6-7,11H,2,5H2,1H3. The summed E-state index contributed by atoms with van der Waals surface area (Å²) in [4.78, 5) is 4.49. The summed E-state index contributed by atoms with van der Waals surface area (Å²) in [5.41, 5.74) is 2.14. The first-order chi connectivity index (χ1) is 6.90. The molecule has 0 radical (unpaired) electrons. The summed E-state index contributed by atoms with van der Waals surface area (Å²) in [5, 5.41) is 6.34. The maximum Gasteiger partial charge on any atom is 0.126 e. The predicted octanol–water partition coefficient (Wildman–Crippen LogP) is 2.51. The molecule has 1 N–H and O–H groups in total. The molecule has 0 unspecified atom stereocenters. The van der Waals surface area contributed by atoms with Crippen LogP contribution in [-0.4, -0.2) is 11.5 Å². The lowest BCUT2D eigenvalue weighted by Gasteiger charge is -1.95. The van der Waals surface area contributed by atoms with Gasteiger partial charge in [0.05, 0.1) is 12.0 Å². The van der Waals surface area contributed by atoms with Gasteiger partial charge in [-0.1, -0.05) is 6.92 Å². The van der Waals surface area contributed by atoms with Crippen LogP contribution in [0.4, 0.5) is 0 Å². The van der Waals surface area contributed by atoms with Gasteiger partial charge >= 0.3 is 0 Å². The van der Waals surface area contributed by atoms with Crippen molar-refractivity contribution < 1.29 is 4.42 Å². The molecule has 3 nitrogen and oxygen atoms in total. The molecule has 2 aromatic heterocycles. The number of hydrogen-bond donors (Lipinski definition) is 1. The van der Waals surface area contributed by atoms with Gasteiger partial charge in [0.2, 0.25) is 0 Å². The molecule has 74 valence electrons. The molecule has 0 saturated heterocycles. The Morgan fingerprint density at radius 1 is 1.57 bits per heavy atom. The summed E-state index contributed by atoms with van der Waals surface area (Å²) in [6.45, 7) is 3.90. The molecule has 0 aliphatic carbocycles. The Hall–Kier alpha value is -1.13. The number of rotatable bonds is 4. The lowest BCUT2D eigenvalue weighted by molar-refractivity contribution is 0.568. The monoisotopic (exact) mass is 208 g/mol. The van der Waals surface area contributed by atoms with Crippen LogP contribution in [0.1, 0.15) is 12.6 Å². The van der Waals surface area contributed by atoms with Gasteiger partial charge in [0.1, 0.15) is 11.3 Å². The highest BCUT2D eigenvalue weighted by Gasteiger charge is 2.04. The largest absolute Gasteiger partial charge is 0.472 e. The van der Waals surface area contributed by atoms with Gasteiger partial charge in [-0.2, -0.15) is 0 Å². The summed E-state index contributed by atoms with van der Waals surface area (Å²) >= 11 is 1.65. The molecule has 0 aliphatic rings. The molecule has 0 spiro atoms. The second-order valence-electron chi connectivity index (χ2n) is 2.94. The first kappa shape index (κ1) is 9.43. The Labute approximate surface area is 86.8 Å². The normalized spacial score (nSPS) is 10.6. The van der Waals surface area contributed by atoms with E-state index in [0.717, 1.165) is 29.4 Å². The second kappa shape index (κ2) is 4.39. The summed E-state index contributed by atoms with van der Waals surface area (Å²) in [6.07, 6.45) is 3.39. The Morgan fingerprint density at radius 2 is 2.50 bits per heavy atom. The molecule has 0 bridgehead atoms. The molecule has 0 aromatic carbocycles. The predicted molar refractivity (Wildman–Crippen MR) is 57.2 cm³/mol. The van der Waals surface area contributed by atoms with Crippen molar-refractivity contribution in [2.75, 3.05) is 6.54 Å². The van der Waals surface area contributed by atoms with E-state index in [-0.39, 0.29) is 0 Å². The fraction of sp³-hybridized carbons (Fsp3) is 0.300. The molecular weight excluding hydrogens is 196 g/mol. The highest BCUT2D eigenvalue weighted by molar-refractivity contribution is 7.13. The lowest BCUT2D eigenvalue weighted by atomic mass is 10.3. The minimum Gasteiger partial charge on any atom is -0.472 e. The number of thiazole rings is 1. The summed E-state index contributed by atoms with van der Waals surface area (Å²) in [6, 6.07) is 1.93. The first-order valence-corrected chi connectivity index (χ1v) is 5.46.